The fourth-order valence-corrected chi connectivity index (χ4v) is 3.19. The van der Waals surface area contributed by atoms with Gasteiger partial charge in [0.2, 0.25) is 5.12 Å². The van der Waals surface area contributed by atoms with Crippen LogP contribution in [0.1, 0.15) is 39.0 Å². The Balaban J connectivity index is 2.48. The van der Waals surface area contributed by atoms with Crippen molar-refractivity contribution in [1.82, 2.24) is 0 Å². The van der Waals surface area contributed by atoms with E-state index >= 15 is 0 Å². The molecule has 0 radical (unpaired) electrons. The zero-order chi connectivity index (χ0) is 12.1. The number of carboxylic acids is 1. The van der Waals surface area contributed by atoms with Crippen molar-refractivity contribution in [3.63, 3.8) is 0 Å². The van der Waals surface area contributed by atoms with Crippen molar-refractivity contribution in [2.45, 2.75) is 44.3 Å². The van der Waals surface area contributed by atoms with E-state index in [4.69, 9.17) is 5.11 Å². The lowest BCUT2D eigenvalue weighted by Gasteiger charge is -2.13. The number of unbranched alkanes of at least 4 members (excludes halogenated alkanes) is 3. The summed E-state index contributed by atoms with van der Waals surface area (Å²) in [6.07, 6.45) is 5.23. The summed E-state index contributed by atoms with van der Waals surface area (Å²) in [6, 6.07) is 0. The predicted molar refractivity (Wildman–Crippen MR) is 65.4 cm³/mol. The summed E-state index contributed by atoms with van der Waals surface area (Å²) in [6.45, 7) is 5.72. The Morgan fingerprint density at radius 1 is 1.44 bits per heavy atom. The van der Waals surface area contributed by atoms with E-state index in [9.17, 15) is 9.59 Å². The number of carbonyl (C=O) groups is 2. The van der Waals surface area contributed by atoms with Crippen LogP contribution in [0.2, 0.25) is 0 Å². The van der Waals surface area contributed by atoms with Gasteiger partial charge >= 0.3 is 5.97 Å². The molecule has 1 fully saturated rings. The second-order valence-electron chi connectivity index (χ2n) is 4.13. The van der Waals surface area contributed by atoms with Crippen LogP contribution in [-0.2, 0) is 9.59 Å². The summed E-state index contributed by atoms with van der Waals surface area (Å²) in [7, 11) is 0. The summed E-state index contributed by atoms with van der Waals surface area (Å²) < 4.78 is 0. The zero-order valence-corrected chi connectivity index (χ0v) is 10.4. The third kappa shape index (κ3) is 3.11. The SMILES string of the molecule is C=C1C(=O)S[C@@H](CCCCCC)[C@@H]1C(=O)O. The minimum Gasteiger partial charge on any atom is -0.481 e. The number of rotatable bonds is 6. The smallest absolute Gasteiger partial charge is 0.312 e. The maximum absolute atomic E-state index is 11.4. The monoisotopic (exact) mass is 242 g/mol. The van der Waals surface area contributed by atoms with E-state index in [1.165, 1.54) is 6.42 Å². The van der Waals surface area contributed by atoms with Crippen molar-refractivity contribution in [2.24, 2.45) is 5.92 Å². The van der Waals surface area contributed by atoms with Gasteiger partial charge in [-0.05, 0) is 6.42 Å². The Labute approximate surface area is 100 Å². The van der Waals surface area contributed by atoms with Gasteiger partial charge in [-0.2, -0.15) is 0 Å². The number of thioether (sulfide) groups is 1. The average molecular weight is 242 g/mol. The summed E-state index contributed by atoms with van der Waals surface area (Å²) in [5.41, 5.74) is 0.262. The number of aliphatic carboxylic acids is 1. The minimum atomic E-state index is -0.913. The van der Waals surface area contributed by atoms with Gasteiger partial charge in [0.15, 0.2) is 0 Å². The van der Waals surface area contributed by atoms with E-state index in [2.05, 4.69) is 13.5 Å². The average Bonchev–Trinajstić information content (AvgIpc) is 2.50. The number of hydrogen-bond donors (Lipinski definition) is 1. The number of carboxylic acid groups (broad SMARTS) is 1. The second-order valence-corrected chi connectivity index (χ2v) is 5.35. The Bertz CT molecular complexity index is 299. The highest BCUT2D eigenvalue weighted by Crippen LogP contribution is 2.40. The van der Waals surface area contributed by atoms with E-state index in [0.29, 0.717) is 0 Å². The lowest BCUT2D eigenvalue weighted by Crippen LogP contribution is -2.22. The van der Waals surface area contributed by atoms with E-state index in [1.54, 1.807) is 0 Å². The molecule has 1 N–H and O–H groups in total. The number of carbonyl (C=O) groups excluding carboxylic acids is 1. The molecule has 1 aliphatic rings. The first kappa shape index (κ1) is 13.3. The van der Waals surface area contributed by atoms with Crippen molar-refractivity contribution in [3.8, 4) is 0 Å². The topological polar surface area (TPSA) is 54.4 Å². The van der Waals surface area contributed by atoms with Crippen LogP contribution in [0, 0.1) is 5.92 Å². The highest BCUT2D eigenvalue weighted by Gasteiger charge is 2.41. The lowest BCUT2D eigenvalue weighted by molar-refractivity contribution is -0.140. The fraction of sp³-hybridized carbons (Fsp3) is 0.667. The first-order valence-corrected chi connectivity index (χ1v) is 6.58. The molecule has 4 heteroatoms. The second kappa shape index (κ2) is 6.09. The van der Waals surface area contributed by atoms with E-state index in [-0.39, 0.29) is 15.9 Å². The Kier molecular flexibility index (Phi) is 5.06. The van der Waals surface area contributed by atoms with Crippen LogP contribution in [0.5, 0.6) is 0 Å². The van der Waals surface area contributed by atoms with Crippen LogP contribution >= 0.6 is 11.8 Å². The van der Waals surface area contributed by atoms with Gasteiger partial charge in [-0.1, -0.05) is 50.9 Å². The molecule has 0 amide bonds. The Morgan fingerprint density at radius 3 is 2.69 bits per heavy atom. The van der Waals surface area contributed by atoms with E-state index < -0.39 is 11.9 Å². The molecule has 0 aromatic carbocycles. The maximum atomic E-state index is 11.4. The maximum Gasteiger partial charge on any atom is 0.312 e. The van der Waals surface area contributed by atoms with Gasteiger partial charge in [-0.3, -0.25) is 9.59 Å². The van der Waals surface area contributed by atoms with Crippen LogP contribution in [0.3, 0.4) is 0 Å². The number of hydrogen-bond acceptors (Lipinski definition) is 3. The summed E-state index contributed by atoms with van der Waals surface area (Å²) >= 11 is 1.15. The molecule has 1 heterocycles. The summed E-state index contributed by atoms with van der Waals surface area (Å²) in [5, 5.41) is 8.80. The molecule has 1 aliphatic heterocycles. The van der Waals surface area contributed by atoms with Crippen LogP contribution in [0.15, 0.2) is 12.2 Å². The normalized spacial score (nSPS) is 25.1. The van der Waals surface area contributed by atoms with Gasteiger partial charge in [0.1, 0.15) is 0 Å². The summed E-state index contributed by atoms with van der Waals surface area (Å²) in [4.78, 5) is 22.4. The van der Waals surface area contributed by atoms with Gasteiger partial charge in [0.25, 0.3) is 0 Å². The van der Waals surface area contributed by atoms with Gasteiger partial charge in [0, 0.05) is 10.8 Å². The fourth-order valence-electron chi connectivity index (χ4n) is 1.94. The largest absolute Gasteiger partial charge is 0.481 e. The van der Waals surface area contributed by atoms with Crippen molar-refractivity contribution in [3.05, 3.63) is 12.2 Å². The van der Waals surface area contributed by atoms with Crippen LogP contribution in [0.4, 0.5) is 0 Å². The molecule has 0 aromatic rings. The highest BCUT2D eigenvalue weighted by molar-refractivity contribution is 8.15. The molecule has 2 atom stereocenters. The van der Waals surface area contributed by atoms with Crippen LogP contribution in [0.25, 0.3) is 0 Å². The van der Waals surface area contributed by atoms with Crippen molar-refractivity contribution < 1.29 is 14.7 Å². The highest BCUT2D eigenvalue weighted by atomic mass is 32.2. The Morgan fingerprint density at radius 2 is 2.12 bits per heavy atom. The molecule has 0 saturated carbocycles. The quantitative estimate of drug-likeness (QED) is 0.575. The predicted octanol–water partition coefficient (Wildman–Crippen LogP) is 2.86. The molecular formula is C12H18O3S. The first-order chi connectivity index (χ1) is 7.57. The van der Waals surface area contributed by atoms with Gasteiger partial charge < -0.3 is 5.11 Å². The molecular weight excluding hydrogens is 224 g/mol. The molecule has 0 bridgehead atoms. The third-order valence-corrected chi connectivity index (χ3v) is 4.16. The van der Waals surface area contributed by atoms with E-state index in [0.717, 1.165) is 37.4 Å². The van der Waals surface area contributed by atoms with Crippen molar-refractivity contribution >= 4 is 22.8 Å². The van der Waals surface area contributed by atoms with E-state index in [1.807, 2.05) is 0 Å². The molecule has 90 valence electrons. The van der Waals surface area contributed by atoms with Gasteiger partial charge in [-0.25, -0.2) is 0 Å². The zero-order valence-electron chi connectivity index (χ0n) is 9.57. The Hall–Kier alpha value is -0.770. The summed E-state index contributed by atoms with van der Waals surface area (Å²) in [5.74, 6) is -1.58. The molecule has 1 rings (SSSR count). The molecule has 0 unspecified atom stereocenters. The molecule has 3 nitrogen and oxygen atoms in total. The van der Waals surface area contributed by atoms with Gasteiger partial charge in [0.05, 0.1) is 5.92 Å². The standard InChI is InChI=1S/C12H18O3S/c1-3-4-5-6-7-9-10(11(13)14)8(2)12(15)16-9/h9-10H,2-7H2,1H3,(H,13,14)/t9-,10+/m0/s1. The van der Waals surface area contributed by atoms with Crippen LogP contribution in [-0.4, -0.2) is 21.4 Å². The van der Waals surface area contributed by atoms with Gasteiger partial charge in [-0.15, -0.1) is 0 Å². The third-order valence-electron chi connectivity index (χ3n) is 2.88. The van der Waals surface area contributed by atoms with Crippen molar-refractivity contribution in [2.75, 3.05) is 0 Å². The molecule has 0 aromatic heterocycles. The lowest BCUT2D eigenvalue weighted by atomic mass is 9.94. The van der Waals surface area contributed by atoms with Crippen molar-refractivity contribution in [1.29, 1.82) is 0 Å². The molecule has 0 spiro atoms. The minimum absolute atomic E-state index is 0.102. The molecule has 16 heavy (non-hydrogen) atoms. The van der Waals surface area contributed by atoms with Crippen LogP contribution < -0.4 is 0 Å². The molecule has 1 saturated heterocycles. The first-order valence-electron chi connectivity index (χ1n) is 5.70. The molecule has 0 aliphatic carbocycles.